The third-order valence-corrected chi connectivity index (χ3v) is 1.13. The molecule has 0 aliphatic heterocycles. The molecule has 0 unspecified atom stereocenters. The van der Waals surface area contributed by atoms with Crippen molar-refractivity contribution in [1.29, 1.82) is 0 Å². The minimum absolute atomic E-state index is 0. The van der Waals surface area contributed by atoms with Crippen molar-refractivity contribution in [1.82, 2.24) is 0 Å². The molecule has 0 heterocycles. The van der Waals surface area contributed by atoms with Gasteiger partial charge < -0.3 is 0 Å². The van der Waals surface area contributed by atoms with E-state index in [-0.39, 0.29) is 21.1 Å². The van der Waals surface area contributed by atoms with E-state index < -0.39 is 0 Å². The van der Waals surface area contributed by atoms with Crippen LogP contribution in [-0.4, -0.2) is 0 Å². The molecule has 0 aromatic heterocycles. The van der Waals surface area contributed by atoms with E-state index >= 15 is 0 Å². The summed E-state index contributed by atoms with van der Waals surface area (Å²) in [6.07, 6.45) is 11.3. The van der Waals surface area contributed by atoms with Gasteiger partial charge in [-0.3, -0.25) is 6.08 Å². The Bertz CT molecular complexity index is 143. The molecule has 0 aromatic carbocycles. The van der Waals surface area contributed by atoms with Crippen LogP contribution in [0.2, 0.25) is 0 Å². The van der Waals surface area contributed by atoms with Gasteiger partial charge in [0.25, 0.3) is 0 Å². The first kappa shape index (κ1) is 8.91. The average Bonchev–Trinajstić information content (AvgIpc) is 2.19. The molecule has 1 aliphatic carbocycles. The van der Waals surface area contributed by atoms with Crippen molar-refractivity contribution in [2.24, 2.45) is 0 Å². The van der Waals surface area contributed by atoms with Crippen LogP contribution in [0.5, 0.6) is 0 Å². The van der Waals surface area contributed by atoms with E-state index in [0.717, 1.165) is 12.8 Å². The minimum atomic E-state index is 0. The van der Waals surface area contributed by atoms with E-state index in [2.05, 4.69) is 24.8 Å². The van der Waals surface area contributed by atoms with Gasteiger partial charge in [0, 0.05) is 21.1 Å². The van der Waals surface area contributed by atoms with Gasteiger partial charge in [0.05, 0.1) is 0 Å². The Kier molecular flexibility index (Phi) is 4.71. The fourth-order valence-corrected chi connectivity index (χ4v) is 0.746. The molecule has 0 fully saturated rings. The third kappa shape index (κ3) is 2.81. The molecule has 1 rings (SSSR count). The first-order valence-electron chi connectivity index (χ1n) is 2.80. The summed E-state index contributed by atoms with van der Waals surface area (Å²) in [6.45, 7) is 3.63. The van der Waals surface area contributed by atoms with E-state index in [1.54, 1.807) is 0 Å². The molecule has 0 bridgehead atoms. The molecule has 0 saturated heterocycles. The summed E-state index contributed by atoms with van der Waals surface area (Å²) in [6, 6.07) is 0. The molecule has 0 spiro atoms. The Labute approximate surface area is 70.6 Å². The summed E-state index contributed by atoms with van der Waals surface area (Å²) < 4.78 is 0. The van der Waals surface area contributed by atoms with Crippen LogP contribution in [0.3, 0.4) is 0 Å². The van der Waals surface area contributed by atoms with Gasteiger partial charge in [-0.05, 0) is 6.42 Å². The van der Waals surface area contributed by atoms with Gasteiger partial charge in [-0.1, -0.05) is 6.08 Å². The quantitative estimate of drug-likeness (QED) is 0.542. The van der Waals surface area contributed by atoms with Crippen molar-refractivity contribution >= 4 is 0 Å². The monoisotopic (exact) mass is 300 g/mol. The molecule has 0 amide bonds. The Morgan fingerprint density at radius 3 is 3.00 bits per heavy atom. The Hall–Kier alpha value is -0.0917. The molecule has 52 valence electrons. The smallest absolute Gasteiger partial charge is 0 e. The molecule has 0 nitrogen and oxygen atoms in total. The van der Waals surface area contributed by atoms with Crippen molar-refractivity contribution in [2.45, 2.75) is 12.8 Å². The third-order valence-electron chi connectivity index (χ3n) is 1.13. The zero-order chi connectivity index (χ0) is 5.82. The number of hydrogen-bond donors (Lipinski definition) is 0. The van der Waals surface area contributed by atoms with Crippen molar-refractivity contribution in [3.63, 3.8) is 0 Å². The van der Waals surface area contributed by atoms with Crippen molar-refractivity contribution in [3.8, 4) is 0 Å². The van der Waals surface area contributed by atoms with E-state index in [1.807, 2.05) is 6.08 Å². The predicted molar refractivity (Wildman–Crippen MR) is 35.3 cm³/mol. The molecule has 0 atom stereocenters. The summed E-state index contributed by atoms with van der Waals surface area (Å²) in [7, 11) is 0. The molecule has 1 aliphatic rings. The fourth-order valence-electron chi connectivity index (χ4n) is 0.746. The second-order valence-corrected chi connectivity index (χ2v) is 1.80. The molecule has 0 saturated carbocycles. The summed E-state index contributed by atoms with van der Waals surface area (Å²) in [4.78, 5) is 0. The number of allylic oxidation sites excluding steroid dienone is 5. The largest absolute Gasteiger partial charge is 0.269 e. The maximum atomic E-state index is 3.63. The van der Waals surface area contributed by atoms with Gasteiger partial charge >= 0.3 is 0 Å². The van der Waals surface area contributed by atoms with Gasteiger partial charge in [0.2, 0.25) is 0 Å². The van der Waals surface area contributed by atoms with Crippen LogP contribution < -0.4 is 0 Å². The first-order chi connectivity index (χ1) is 3.93. The minimum Gasteiger partial charge on any atom is -0.269 e. The second kappa shape index (κ2) is 4.76. The Morgan fingerprint density at radius 1 is 1.78 bits per heavy atom. The number of hydrogen-bond acceptors (Lipinski definition) is 0. The summed E-state index contributed by atoms with van der Waals surface area (Å²) in [5.74, 6) is 0. The second-order valence-electron chi connectivity index (χ2n) is 1.80. The predicted octanol–water partition coefficient (Wildman–Crippen LogP) is 2.25. The Balaban J connectivity index is 0.000000640. The van der Waals surface area contributed by atoms with Gasteiger partial charge in [-0.25, -0.2) is 11.6 Å². The maximum absolute atomic E-state index is 3.63. The van der Waals surface area contributed by atoms with Crippen LogP contribution in [-0.2, 0) is 21.1 Å². The van der Waals surface area contributed by atoms with Gasteiger partial charge in [0.15, 0.2) is 0 Å². The molecule has 0 N–H and O–H groups in total. The van der Waals surface area contributed by atoms with Crippen molar-refractivity contribution in [2.75, 3.05) is 0 Å². The first-order valence-corrected chi connectivity index (χ1v) is 2.80. The number of rotatable bonds is 2. The van der Waals surface area contributed by atoms with Crippen LogP contribution in [0, 0.1) is 6.08 Å². The SMILES string of the molecule is C=CCC1=[C-]CC=C1.[Pt]. The van der Waals surface area contributed by atoms with Crippen LogP contribution in [0.1, 0.15) is 12.8 Å². The van der Waals surface area contributed by atoms with Crippen LogP contribution in [0.4, 0.5) is 0 Å². The molecule has 1 heteroatoms. The molecule has 0 aromatic rings. The molecule has 9 heavy (non-hydrogen) atoms. The zero-order valence-electron chi connectivity index (χ0n) is 5.17. The molecular formula is C8H9Pt-. The fraction of sp³-hybridized carbons (Fsp3) is 0.250. The average molecular weight is 300 g/mol. The van der Waals surface area contributed by atoms with Crippen LogP contribution in [0.15, 0.2) is 30.4 Å². The summed E-state index contributed by atoms with van der Waals surface area (Å²) in [5, 5.41) is 0. The van der Waals surface area contributed by atoms with E-state index in [9.17, 15) is 0 Å². The summed E-state index contributed by atoms with van der Waals surface area (Å²) in [5.41, 5.74) is 1.28. The maximum Gasteiger partial charge on any atom is 0 e. The van der Waals surface area contributed by atoms with Crippen molar-refractivity contribution < 1.29 is 21.1 Å². The van der Waals surface area contributed by atoms with Crippen LogP contribution in [0.25, 0.3) is 0 Å². The van der Waals surface area contributed by atoms with Gasteiger partial charge in [0.1, 0.15) is 0 Å². The normalized spacial score (nSPS) is 14.4. The standard InChI is InChI=1S/C8H9.Pt/c1-2-5-8-6-3-4-7-8;/h2-3,6H,1,4-5H2;/q-1;. The van der Waals surface area contributed by atoms with E-state index in [1.165, 1.54) is 5.57 Å². The van der Waals surface area contributed by atoms with Gasteiger partial charge in [-0.2, -0.15) is 6.08 Å². The van der Waals surface area contributed by atoms with Crippen LogP contribution >= 0.6 is 0 Å². The van der Waals surface area contributed by atoms with E-state index in [4.69, 9.17) is 0 Å². The zero-order valence-corrected chi connectivity index (χ0v) is 7.44. The van der Waals surface area contributed by atoms with Gasteiger partial charge in [-0.15, -0.1) is 13.0 Å². The summed E-state index contributed by atoms with van der Waals surface area (Å²) >= 11 is 0. The van der Waals surface area contributed by atoms with E-state index in [0.29, 0.717) is 0 Å². The van der Waals surface area contributed by atoms with Crippen molar-refractivity contribution in [3.05, 3.63) is 36.5 Å². The topological polar surface area (TPSA) is 0 Å². The Morgan fingerprint density at radius 2 is 2.56 bits per heavy atom. The molecule has 0 radical (unpaired) electrons. The molecular weight excluding hydrogens is 291 g/mol.